The second-order valence-corrected chi connectivity index (χ2v) is 11.5. The van der Waals surface area contributed by atoms with Crippen LogP contribution in [-0.2, 0) is 11.3 Å². The number of nitrogens with one attached hydrogen (secondary N) is 1. The second kappa shape index (κ2) is 14.2. The lowest BCUT2D eigenvalue weighted by atomic mass is 10.1. The van der Waals surface area contributed by atoms with E-state index in [2.05, 4.69) is 56.4 Å². The lowest BCUT2D eigenvalue weighted by Crippen LogP contribution is -2.43. The van der Waals surface area contributed by atoms with E-state index in [1.807, 2.05) is 48.0 Å². The highest BCUT2D eigenvalue weighted by Gasteiger charge is 2.20. The van der Waals surface area contributed by atoms with Crippen LogP contribution < -0.4 is 10.1 Å². The minimum atomic E-state index is -0.412. The van der Waals surface area contributed by atoms with Crippen molar-refractivity contribution in [1.29, 1.82) is 0 Å². The number of piperidine rings is 1. The van der Waals surface area contributed by atoms with E-state index in [4.69, 9.17) is 9.47 Å². The van der Waals surface area contributed by atoms with Crippen molar-refractivity contribution >= 4 is 17.9 Å². The summed E-state index contributed by atoms with van der Waals surface area (Å²) in [4.78, 5) is 18.6. The fourth-order valence-electron chi connectivity index (χ4n) is 4.84. The van der Waals surface area contributed by atoms with Gasteiger partial charge in [0.15, 0.2) is 17.6 Å². The Labute approximate surface area is 245 Å². The minimum absolute atomic E-state index is 0.0388. The Morgan fingerprint density at radius 2 is 2.07 bits per heavy atom. The molecule has 3 heterocycles. The monoisotopic (exact) mass is 572 g/mol. The summed E-state index contributed by atoms with van der Waals surface area (Å²) in [6.45, 7) is 4.24. The fourth-order valence-corrected chi connectivity index (χ4v) is 5.99. The van der Waals surface area contributed by atoms with Gasteiger partial charge in [-0.05, 0) is 95.1 Å². The third-order valence-electron chi connectivity index (χ3n) is 7.18. The van der Waals surface area contributed by atoms with Gasteiger partial charge in [0.2, 0.25) is 0 Å². The van der Waals surface area contributed by atoms with Crippen molar-refractivity contribution in [1.82, 2.24) is 30.0 Å². The van der Waals surface area contributed by atoms with Gasteiger partial charge in [-0.3, -0.25) is 9.55 Å². The number of thioether (sulfide) groups is 1. The Morgan fingerprint density at radius 3 is 2.83 bits per heavy atom. The zero-order valence-electron chi connectivity index (χ0n) is 23.6. The molecule has 5 rings (SSSR count). The van der Waals surface area contributed by atoms with Crippen LogP contribution in [0.1, 0.15) is 49.1 Å². The van der Waals surface area contributed by atoms with Gasteiger partial charge in [-0.15, -0.1) is 10.2 Å². The van der Waals surface area contributed by atoms with Gasteiger partial charge in [-0.2, -0.15) is 0 Å². The highest BCUT2D eigenvalue weighted by molar-refractivity contribution is 7.99. The molecule has 1 aliphatic heterocycles. The SMILES string of the molecule is Cc1cc(OCc2nnc(SC3C=CCCC3)n2-c2cccnc2)ccc1C#CCOC(=O)NC1CCN(C)CC1. The second-order valence-electron chi connectivity index (χ2n) is 10.3. The third kappa shape index (κ3) is 8.12. The Balaban J connectivity index is 1.17. The number of likely N-dealkylation sites (tertiary alicyclic amines) is 1. The van der Waals surface area contributed by atoms with Gasteiger partial charge in [0.1, 0.15) is 12.4 Å². The number of allylic oxidation sites excluding steroid dienone is 1. The molecular weight excluding hydrogens is 536 g/mol. The largest absolute Gasteiger partial charge is 0.486 e. The summed E-state index contributed by atoms with van der Waals surface area (Å²) in [7, 11) is 2.09. The molecule has 214 valence electrons. The Kier molecular flexibility index (Phi) is 9.94. The molecule has 9 nitrogen and oxygen atoms in total. The lowest BCUT2D eigenvalue weighted by Gasteiger charge is -2.28. The standard InChI is InChI=1S/C31H36N6O3S/c1-23-20-27(13-12-24(23)8-7-19-39-31(38)33-25-14-17-36(2)18-15-25)40-22-29-34-35-30(41-28-10-4-3-5-11-28)37(29)26-9-6-16-32-21-26/h4,6,9-10,12-13,16,20-21,25,28H,3,5,11,14-15,17-19,22H2,1-2H3,(H,33,38). The molecule has 41 heavy (non-hydrogen) atoms. The molecule has 1 amide bonds. The number of benzene rings is 1. The van der Waals surface area contributed by atoms with Crippen molar-refractivity contribution in [2.75, 3.05) is 26.7 Å². The first kappa shape index (κ1) is 28.7. The molecule has 0 saturated carbocycles. The van der Waals surface area contributed by atoms with Gasteiger partial charge in [0.05, 0.1) is 11.9 Å². The van der Waals surface area contributed by atoms with Crippen LogP contribution in [0.2, 0.25) is 0 Å². The molecule has 1 fully saturated rings. The van der Waals surface area contributed by atoms with Crippen molar-refractivity contribution < 1.29 is 14.3 Å². The van der Waals surface area contributed by atoms with Crippen LogP contribution in [0, 0.1) is 18.8 Å². The molecular formula is C31H36N6O3S. The lowest BCUT2D eigenvalue weighted by molar-refractivity contribution is 0.147. The molecule has 10 heteroatoms. The number of carbonyl (C=O) groups excluding carboxylic acids is 1. The van der Waals surface area contributed by atoms with Crippen molar-refractivity contribution in [3.63, 3.8) is 0 Å². The average Bonchev–Trinajstić information content (AvgIpc) is 3.39. The predicted molar refractivity (Wildman–Crippen MR) is 159 cm³/mol. The Morgan fingerprint density at radius 1 is 1.20 bits per heavy atom. The Bertz CT molecular complexity index is 1410. The predicted octanol–water partition coefficient (Wildman–Crippen LogP) is 4.92. The number of aromatic nitrogens is 4. The zero-order valence-corrected chi connectivity index (χ0v) is 24.4. The maximum absolute atomic E-state index is 12.1. The number of hydrogen-bond donors (Lipinski definition) is 1. The molecule has 2 aromatic heterocycles. The highest BCUT2D eigenvalue weighted by atomic mass is 32.2. The third-order valence-corrected chi connectivity index (χ3v) is 8.35. The van der Waals surface area contributed by atoms with Crippen LogP contribution in [0.3, 0.4) is 0 Å². The minimum Gasteiger partial charge on any atom is -0.486 e. The van der Waals surface area contributed by atoms with Crippen LogP contribution in [0.4, 0.5) is 4.79 Å². The van der Waals surface area contributed by atoms with Gasteiger partial charge in [-0.25, -0.2) is 4.79 Å². The van der Waals surface area contributed by atoms with Crippen LogP contribution >= 0.6 is 11.8 Å². The van der Waals surface area contributed by atoms with Crippen LogP contribution in [0.5, 0.6) is 5.75 Å². The van der Waals surface area contributed by atoms with E-state index in [9.17, 15) is 4.79 Å². The van der Waals surface area contributed by atoms with E-state index in [1.54, 1.807) is 18.0 Å². The van der Waals surface area contributed by atoms with Crippen LogP contribution in [-0.4, -0.2) is 68.8 Å². The van der Waals surface area contributed by atoms with Gasteiger partial charge in [0, 0.05) is 23.1 Å². The van der Waals surface area contributed by atoms with Gasteiger partial charge >= 0.3 is 6.09 Å². The molecule has 1 saturated heterocycles. The number of hydrogen-bond acceptors (Lipinski definition) is 8. The molecule has 3 aromatic rings. The molecule has 1 aromatic carbocycles. The van der Waals surface area contributed by atoms with E-state index in [0.29, 0.717) is 16.8 Å². The van der Waals surface area contributed by atoms with Gasteiger partial charge < -0.3 is 19.7 Å². The molecule has 1 atom stereocenters. The summed E-state index contributed by atoms with van der Waals surface area (Å²) in [6, 6.07) is 9.83. The fraction of sp³-hybridized carbons (Fsp3) is 0.419. The average molecular weight is 573 g/mol. The summed E-state index contributed by atoms with van der Waals surface area (Å²) in [6.07, 6.45) is 13.0. The van der Waals surface area contributed by atoms with Gasteiger partial charge in [0.25, 0.3) is 0 Å². The van der Waals surface area contributed by atoms with E-state index in [-0.39, 0.29) is 19.3 Å². The van der Waals surface area contributed by atoms with Crippen molar-refractivity contribution in [2.24, 2.45) is 0 Å². The van der Waals surface area contributed by atoms with Crippen molar-refractivity contribution in [3.8, 4) is 23.3 Å². The first-order chi connectivity index (χ1) is 20.0. The molecule has 0 spiro atoms. The number of pyridine rings is 1. The normalized spacial score (nSPS) is 17.5. The van der Waals surface area contributed by atoms with E-state index >= 15 is 0 Å². The summed E-state index contributed by atoms with van der Waals surface area (Å²) in [5.41, 5.74) is 2.73. The number of amides is 1. The molecule has 2 aliphatic rings. The quantitative estimate of drug-likeness (QED) is 0.300. The van der Waals surface area contributed by atoms with Crippen molar-refractivity contribution in [2.45, 2.75) is 62.1 Å². The number of alkyl carbamates (subject to hydrolysis) is 1. The van der Waals surface area contributed by atoms with E-state index in [1.165, 1.54) is 6.42 Å². The number of rotatable bonds is 8. The maximum Gasteiger partial charge on any atom is 0.408 e. The highest BCUT2D eigenvalue weighted by Crippen LogP contribution is 2.31. The summed E-state index contributed by atoms with van der Waals surface area (Å²) < 4.78 is 13.4. The summed E-state index contributed by atoms with van der Waals surface area (Å²) in [5.74, 6) is 7.45. The maximum atomic E-state index is 12.1. The first-order valence-electron chi connectivity index (χ1n) is 14.1. The van der Waals surface area contributed by atoms with Crippen molar-refractivity contribution in [3.05, 3.63) is 71.8 Å². The zero-order chi connectivity index (χ0) is 28.4. The summed E-state index contributed by atoms with van der Waals surface area (Å²) in [5, 5.41) is 13.1. The topological polar surface area (TPSA) is 94.4 Å². The number of nitrogens with zero attached hydrogens (tertiary/aromatic N) is 5. The number of aryl methyl sites for hydroxylation is 1. The number of carbonyl (C=O) groups is 1. The van der Waals surface area contributed by atoms with Crippen LogP contribution in [0.25, 0.3) is 5.69 Å². The molecule has 1 N–H and O–H groups in total. The molecule has 0 bridgehead atoms. The first-order valence-corrected chi connectivity index (χ1v) is 15.0. The number of ether oxygens (including phenoxy) is 2. The Hall–Kier alpha value is -3.81. The molecule has 1 unspecified atom stereocenters. The van der Waals surface area contributed by atoms with E-state index < -0.39 is 6.09 Å². The van der Waals surface area contributed by atoms with Crippen LogP contribution in [0.15, 0.2) is 60.0 Å². The van der Waals surface area contributed by atoms with Gasteiger partial charge in [-0.1, -0.05) is 35.8 Å². The summed E-state index contributed by atoms with van der Waals surface area (Å²) >= 11 is 1.72. The molecule has 1 aliphatic carbocycles. The van der Waals surface area contributed by atoms with E-state index in [0.717, 1.165) is 60.7 Å². The molecule has 0 radical (unpaired) electrons. The smallest absolute Gasteiger partial charge is 0.408 e.